The lowest BCUT2D eigenvalue weighted by atomic mass is 10.0. The average Bonchev–Trinajstić information content (AvgIpc) is 3.09. The molecule has 0 spiro atoms. The zero-order valence-electron chi connectivity index (χ0n) is 15.0. The van der Waals surface area contributed by atoms with Crippen LogP contribution in [0.1, 0.15) is 16.6 Å². The fourth-order valence-corrected chi connectivity index (χ4v) is 4.62. The number of nitrogens with zero attached hydrogens (tertiary/aromatic N) is 1. The number of rotatable bonds is 4. The smallest absolute Gasteiger partial charge is 0.349 e. The number of fused-ring (bicyclic) bond motifs is 1. The molecule has 0 saturated carbocycles. The predicted molar refractivity (Wildman–Crippen MR) is 114 cm³/mol. The van der Waals surface area contributed by atoms with E-state index in [4.69, 9.17) is 16.3 Å². The molecule has 0 atom stereocenters. The molecule has 2 aromatic heterocycles. The molecule has 2 aromatic carbocycles. The van der Waals surface area contributed by atoms with Crippen LogP contribution in [0.4, 0.5) is 0 Å². The van der Waals surface area contributed by atoms with Crippen LogP contribution in [0.2, 0.25) is 5.02 Å². The quantitative estimate of drug-likeness (QED) is 0.415. The van der Waals surface area contributed by atoms with Crippen molar-refractivity contribution in [3.63, 3.8) is 0 Å². The number of ether oxygens (including phenoxy) is 1. The number of benzene rings is 2. The van der Waals surface area contributed by atoms with Crippen LogP contribution < -0.4 is 5.56 Å². The topological polar surface area (TPSA) is 48.3 Å². The molecule has 0 saturated heterocycles. The molecule has 2 heterocycles. The second-order valence-electron chi connectivity index (χ2n) is 6.07. The van der Waals surface area contributed by atoms with Gasteiger partial charge in [0.25, 0.3) is 5.56 Å². The number of hydrogen-bond acceptors (Lipinski definition) is 4. The van der Waals surface area contributed by atoms with Gasteiger partial charge in [0.1, 0.15) is 9.71 Å². The van der Waals surface area contributed by atoms with E-state index in [0.29, 0.717) is 20.4 Å². The van der Waals surface area contributed by atoms with Gasteiger partial charge in [-0.1, -0.05) is 54.1 Å². The van der Waals surface area contributed by atoms with Crippen molar-refractivity contribution in [3.05, 3.63) is 87.0 Å². The Morgan fingerprint density at radius 2 is 1.75 bits per heavy atom. The van der Waals surface area contributed by atoms with E-state index in [2.05, 4.69) is 0 Å². The average molecular weight is 410 g/mol. The van der Waals surface area contributed by atoms with Crippen molar-refractivity contribution in [1.29, 1.82) is 0 Å². The molecule has 0 bridgehead atoms. The van der Waals surface area contributed by atoms with Crippen LogP contribution in [0.5, 0.6) is 0 Å². The number of hydrogen-bond donors (Lipinski definition) is 0. The number of pyridine rings is 1. The van der Waals surface area contributed by atoms with Crippen molar-refractivity contribution in [2.75, 3.05) is 6.61 Å². The highest BCUT2D eigenvalue weighted by atomic mass is 35.5. The lowest BCUT2D eigenvalue weighted by Gasteiger charge is -2.09. The number of thiophene rings is 1. The number of esters is 1. The zero-order valence-corrected chi connectivity index (χ0v) is 16.6. The maximum absolute atomic E-state index is 12.7. The summed E-state index contributed by atoms with van der Waals surface area (Å²) in [4.78, 5) is 26.5. The molecule has 0 N–H and O–H groups in total. The molecule has 28 heavy (non-hydrogen) atoms. The second-order valence-corrected chi connectivity index (χ2v) is 7.48. The highest BCUT2D eigenvalue weighted by molar-refractivity contribution is 7.21. The van der Waals surface area contributed by atoms with Crippen LogP contribution in [0.25, 0.3) is 27.0 Å². The molecule has 4 nitrogen and oxygen atoms in total. The van der Waals surface area contributed by atoms with E-state index in [0.717, 1.165) is 16.5 Å². The molecule has 0 amide bonds. The van der Waals surface area contributed by atoms with Gasteiger partial charge < -0.3 is 4.74 Å². The summed E-state index contributed by atoms with van der Waals surface area (Å²) in [6.45, 7) is 2.05. The molecule has 140 valence electrons. The summed E-state index contributed by atoms with van der Waals surface area (Å²) in [7, 11) is 0. The van der Waals surface area contributed by atoms with E-state index in [1.54, 1.807) is 29.7 Å². The van der Waals surface area contributed by atoms with E-state index >= 15 is 0 Å². The van der Waals surface area contributed by atoms with Gasteiger partial charge in [0.15, 0.2) is 0 Å². The normalized spacial score (nSPS) is 10.9. The van der Waals surface area contributed by atoms with Crippen LogP contribution >= 0.6 is 22.9 Å². The predicted octanol–water partition coefficient (Wildman–Crippen LogP) is 5.55. The molecule has 0 aliphatic rings. The third-order valence-electron chi connectivity index (χ3n) is 4.36. The molecule has 0 aliphatic heterocycles. The Labute approximate surface area is 170 Å². The Morgan fingerprint density at radius 3 is 2.46 bits per heavy atom. The van der Waals surface area contributed by atoms with Crippen LogP contribution in [-0.4, -0.2) is 17.1 Å². The first-order valence-electron chi connectivity index (χ1n) is 8.77. The van der Waals surface area contributed by atoms with E-state index in [-0.39, 0.29) is 12.2 Å². The minimum Gasteiger partial charge on any atom is -0.462 e. The van der Waals surface area contributed by atoms with Gasteiger partial charge in [-0.2, -0.15) is 0 Å². The monoisotopic (exact) mass is 409 g/mol. The van der Waals surface area contributed by atoms with E-state index in [9.17, 15) is 9.59 Å². The summed E-state index contributed by atoms with van der Waals surface area (Å²) in [5, 5.41) is 1.27. The number of carbonyl (C=O) groups is 1. The first-order chi connectivity index (χ1) is 13.6. The molecular formula is C22H16ClNO3S. The van der Waals surface area contributed by atoms with Crippen LogP contribution in [0.15, 0.2) is 71.5 Å². The van der Waals surface area contributed by atoms with Gasteiger partial charge in [-0.15, -0.1) is 11.3 Å². The summed E-state index contributed by atoms with van der Waals surface area (Å²) >= 11 is 7.60. The first kappa shape index (κ1) is 18.5. The fourth-order valence-electron chi connectivity index (χ4n) is 3.17. The summed E-state index contributed by atoms with van der Waals surface area (Å²) in [6.07, 6.45) is 0. The largest absolute Gasteiger partial charge is 0.462 e. The van der Waals surface area contributed by atoms with Gasteiger partial charge in [-0.05, 0) is 30.7 Å². The Hall–Kier alpha value is -2.89. The maximum Gasteiger partial charge on any atom is 0.349 e. The molecule has 0 unspecified atom stereocenters. The molecule has 0 aliphatic carbocycles. The minimum absolute atomic E-state index is 0.211. The van der Waals surface area contributed by atoms with E-state index in [1.807, 2.05) is 42.5 Å². The molecule has 0 radical (unpaired) electrons. The number of aromatic nitrogens is 1. The lowest BCUT2D eigenvalue weighted by Crippen LogP contribution is -2.16. The summed E-state index contributed by atoms with van der Waals surface area (Å²) in [5.74, 6) is -0.402. The minimum atomic E-state index is -0.402. The van der Waals surface area contributed by atoms with Gasteiger partial charge in [-0.25, -0.2) is 4.79 Å². The van der Waals surface area contributed by atoms with Crippen molar-refractivity contribution in [2.24, 2.45) is 0 Å². The van der Waals surface area contributed by atoms with Crippen LogP contribution in [-0.2, 0) is 4.74 Å². The number of halogens is 1. The van der Waals surface area contributed by atoms with Crippen molar-refractivity contribution in [1.82, 2.24) is 4.57 Å². The molecule has 4 aromatic rings. The number of para-hydroxylation sites is 1. The lowest BCUT2D eigenvalue weighted by molar-refractivity contribution is 0.0533. The zero-order chi connectivity index (χ0) is 19.7. The Kier molecular flexibility index (Phi) is 5.03. The van der Waals surface area contributed by atoms with Crippen molar-refractivity contribution in [2.45, 2.75) is 6.92 Å². The van der Waals surface area contributed by atoms with Crippen LogP contribution in [0.3, 0.4) is 0 Å². The molecule has 6 heteroatoms. The van der Waals surface area contributed by atoms with Gasteiger partial charge in [0.05, 0.1) is 17.3 Å². The Bertz CT molecular complexity index is 1230. The summed E-state index contributed by atoms with van der Waals surface area (Å²) in [6, 6.07) is 20.0. The van der Waals surface area contributed by atoms with Crippen molar-refractivity contribution < 1.29 is 9.53 Å². The van der Waals surface area contributed by atoms with Crippen molar-refractivity contribution in [3.8, 4) is 16.8 Å². The van der Waals surface area contributed by atoms with Gasteiger partial charge >= 0.3 is 5.97 Å². The highest BCUT2D eigenvalue weighted by Crippen LogP contribution is 2.39. The second kappa shape index (κ2) is 7.62. The van der Waals surface area contributed by atoms with Gasteiger partial charge in [0.2, 0.25) is 0 Å². The maximum atomic E-state index is 12.7. The third kappa shape index (κ3) is 3.13. The molecule has 4 rings (SSSR count). The molecular weight excluding hydrogens is 394 g/mol. The van der Waals surface area contributed by atoms with E-state index in [1.165, 1.54) is 17.4 Å². The molecule has 0 fully saturated rings. The Morgan fingerprint density at radius 1 is 1.04 bits per heavy atom. The third-order valence-corrected chi connectivity index (χ3v) is 5.85. The highest BCUT2D eigenvalue weighted by Gasteiger charge is 2.23. The number of carbonyl (C=O) groups excluding carboxylic acids is 1. The SMILES string of the molecule is CCOC(=O)c1sc2c(ccc(=O)n2-c2ccccc2Cl)c1-c1ccccc1. The van der Waals surface area contributed by atoms with E-state index < -0.39 is 5.97 Å². The standard InChI is InChI=1S/C22H16ClNO3S/c1-2-27-22(26)20-19(14-8-4-3-5-9-14)15-12-13-18(25)24(21(15)28-20)17-11-7-6-10-16(17)23/h3-13H,2H2,1H3. The Balaban J connectivity index is 2.10. The van der Waals surface area contributed by atoms with Gasteiger partial charge in [-0.3, -0.25) is 9.36 Å². The fraction of sp³-hybridized carbons (Fsp3) is 0.0909. The van der Waals surface area contributed by atoms with Crippen molar-refractivity contribution >= 4 is 39.1 Å². The summed E-state index contributed by atoms with van der Waals surface area (Å²) < 4.78 is 6.83. The summed E-state index contributed by atoms with van der Waals surface area (Å²) in [5.41, 5.74) is 2.02. The first-order valence-corrected chi connectivity index (χ1v) is 9.97. The van der Waals surface area contributed by atoms with Crippen LogP contribution in [0, 0.1) is 0 Å². The van der Waals surface area contributed by atoms with Gasteiger partial charge in [0, 0.05) is 17.0 Å².